The number of hydrogen-bond donors (Lipinski definition) is 0. The summed E-state index contributed by atoms with van der Waals surface area (Å²) in [5.41, 5.74) is -3.02. The highest BCUT2D eigenvalue weighted by atomic mass is 32.2. The van der Waals surface area contributed by atoms with Crippen LogP contribution in [0.25, 0.3) is 0 Å². The fourth-order valence-electron chi connectivity index (χ4n) is 3.61. The van der Waals surface area contributed by atoms with Crippen LogP contribution in [-0.2, 0) is 15.7 Å². The minimum absolute atomic E-state index is 0.0228. The van der Waals surface area contributed by atoms with Crippen LogP contribution in [0.2, 0.25) is 0 Å². The second-order valence-corrected chi connectivity index (χ2v) is 9.56. The lowest BCUT2D eigenvalue weighted by Gasteiger charge is -2.32. The van der Waals surface area contributed by atoms with Gasteiger partial charge in [-0.1, -0.05) is 25.6 Å². The molecule has 1 amide bonds. The molecule has 36 heavy (non-hydrogen) atoms. The maximum absolute atomic E-state index is 15.0. The third kappa shape index (κ3) is 5.38. The Hall–Kier alpha value is -3.39. The largest absolute Gasteiger partial charge is 0.459 e. The number of hydrogen-bond acceptors (Lipinski definition) is 6. The Morgan fingerprint density at radius 2 is 1.86 bits per heavy atom. The summed E-state index contributed by atoms with van der Waals surface area (Å²) in [7, 11) is 0. The molecule has 0 saturated heterocycles. The molecule has 1 heterocycles. The average Bonchev–Trinajstić information content (AvgIpc) is 3.03. The standard InChI is InChI=1S/C25H23F4N3O3S/c1-5-16(6-2)35-21(33)18-10-8-15(11-20(18)26)32-23(31-22(34)24(32,3)4)36-17-9-7-14(13-30)19(12-17)25(27,28)29/h7-12,16H,5-6H2,1-4H3. The molecule has 0 N–H and O–H groups in total. The van der Waals surface area contributed by atoms with Crippen molar-refractivity contribution in [1.82, 2.24) is 0 Å². The Morgan fingerprint density at radius 1 is 1.19 bits per heavy atom. The highest BCUT2D eigenvalue weighted by molar-refractivity contribution is 8.14. The first-order chi connectivity index (χ1) is 16.8. The number of carbonyl (C=O) groups is 2. The molecule has 0 aliphatic carbocycles. The lowest BCUT2D eigenvalue weighted by Crippen LogP contribution is -2.46. The maximum Gasteiger partial charge on any atom is 0.417 e. The van der Waals surface area contributed by atoms with Crippen LogP contribution < -0.4 is 4.90 Å². The van der Waals surface area contributed by atoms with Gasteiger partial charge in [-0.05, 0) is 63.1 Å². The fourth-order valence-corrected chi connectivity index (χ4v) is 4.69. The second kappa shape index (κ2) is 10.3. The van der Waals surface area contributed by atoms with E-state index in [0.29, 0.717) is 12.8 Å². The number of ether oxygens (including phenoxy) is 1. The summed E-state index contributed by atoms with van der Waals surface area (Å²) in [6, 6.07) is 8.38. The molecule has 0 bridgehead atoms. The van der Waals surface area contributed by atoms with E-state index in [-0.39, 0.29) is 27.4 Å². The highest BCUT2D eigenvalue weighted by Gasteiger charge is 2.44. The predicted octanol–water partition coefficient (Wildman–Crippen LogP) is 6.34. The normalized spacial score (nSPS) is 15.2. The highest BCUT2D eigenvalue weighted by Crippen LogP contribution is 2.39. The Morgan fingerprint density at radius 3 is 2.42 bits per heavy atom. The lowest BCUT2D eigenvalue weighted by molar-refractivity contribution is -0.138. The third-order valence-corrected chi connectivity index (χ3v) is 6.66. The first-order valence-corrected chi connectivity index (χ1v) is 11.9. The van der Waals surface area contributed by atoms with E-state index in [1.807, 2.05) is 13.8 Å². The summed E-state index contributed by atoms with van der Waals surface area (Å²) >= 11 is 0.772. The molecule has 0 spiro atoms. The number of anilines is 1. The number of amidine groups is 1. The van der Waals surface area contributed by atoms with Gasteiger partial charge in [-0.15, -0.1) is 0 Å². The van der Waals surface area contributed by atoms with Crippen LogP contribution in [0.3, 0.4) is 0 Å². The number of esters is 1. The Labute approximate surface area is 209 Å². The molecular weight excluding hydrogens is 498 g/mol. The number of thioether (sulfide) groups is 1. The van der Waals surface area contributed by atoms with Crippen LogP contribution in [0.15, 0.2) is 46.3 Å². The van der Waals surface area contributed by atoms with Crippen molar-refractivity contribution < 1.29 is 31.9 Å². The van der Waals surface area contributed by atoms with Crippen LogP contribution in [0.4, 0.5) is 23.2 Å². The van der Waals surface area contributed by atoms with Gasteiger partial charge >= 0.3 is 12.1 Å². The Balaban J connectivity index is 1.96. The van der Waals surface area contributed by atoms with Gasteiger partial charge in [-0.2, -0.15) is 23.4 Å². The van der Waals surface area contributed by atoms with Crippen LogP contribution in [-0.4, -0.2) is 28.7 Å². The van der Waals surface area contributed by atoms with Crippen molar-refractivity contribution >= 4 is 34.5 Å². The van der Waals surface area contributed by atoms with Crippen molar-refractivity contribution in [2.24, 2.45) is 4.99 Å². The number of halogens is 4. The second-order valence-electron chi connectivity index (χ2n) is 8.52. The van der Waals surface area contributed by atoms with Gasteiger partial charge in [-0.3, -0.25) is 4.79 Å². The SMILES string of the molecule is CCC(CC)OC(=O)c1ccc(N2C(Sc3ccc(C#N)c(C(F)(F)F)c3)=NC(=O)C2(C)C)cc1F. The van der Waals surface area contributed by atoms with E-state index in [0.717, 1.165) is 30.0 Å². The van der Waals surface area contributed by atoms with Crippen LogP contribution in [0.5, 0.6) is 0 Å². The predicted molar refractivity (Wildman–Crippen MR) is 127 cm³/mol. The number of nitrogens with zero attached hydrogens (tertiary/aromatic N) is 3. The van der Waals surface area contributed by atoms with E-state index in [4.69, 9.17) is 10.00 Å². The van der Waals surface area contributed by atoms with E-state index < -0.39 is 40.5 Å². The molecule has 0 saturated carbocycles. The minimum atomic E-state index is -4.75. The molecule has 0 unspecified atom stereocenters. The summed E-state index contributed by atoms with van der Waals surface area (Å²) in [6.45, 7) is 6.77. The molecule has 11 heteroatoms. The molecule has 2 aromatic carbocycles. The molecule has 1 aliphatic heterocycles. The zero-order chi connectivity index (χ0) is 26.8. The van der Waals surface area contributed by atoms with Crippen molar-refractivity contribution in [2.75, 3.05) is 4.90 Å². The fraction of sp³-hybridized carbons (Fsp3) is 0.360. The molecule has 0 aromatic heterocycles. The van der Waals surface area contributed by atoms with Crippen molar-refractivity contribution in [3.8, 4) is 6.07 Å². The molecule has 190 valence electrons. The molecule has 0 atom stereocenters. The number of benzene rings is 2. The van der Waals surface area contributed by atoms with E-state index in [1.54, 1.807) is 13.8 Å². The summed E-state index contributed by atoms with van der Waals surface area (Å²) in [5, 5.41) is 9.04. The zero-order valence-corrected chi connectivity index (χ0v) is 20.8. The van der Waals surface area contributed by atoms with Gasteiger partial charge in [0.05, 0.1) is 22.8 Å². The van der Waals surface area contributed by atoms with E-state index in [9.17, 15) is 27.2 Å². The first kappa shape index (κ1) is 27.2. The lowest BCUT2D eigenvalue weighted by atomic mass is 10.0. The summed E-state index contributed by atoms with van der Waals surface area (Å²) in [6.07, 6.45) is -3.95. The van der Waals surface area contributed by atoms with Crippen molar-refractivity contribution in [2.45, 2.75) is 63.3 Å². The van der Waals surface area contributed by atoms with Gasteiger partial charge in [-0.25, -0.2) is 9.18 Å². The molecule has 0 fully saturated rings. The van der Waals surface area contributed by atoms with Crippen molar-refractivity contribution in [3.63, 3.8) is 0 Å². The first-order valence-electron chi connectivity index (χ1n) is 11.1. The monoisotopic (exact) mass is 521 g/mol. The van der Waals surface area contributed by atoms with Crippen molar-refractivity contribution in [3.05, 3.63) is 58.9 Å². The summed E-state index contributed by atoms with van der Waals surface area (Å²) in [4.78, 5) is 30.5. The third-order valence-electron chi connectivity index (χ3n) is 5.71. The number of carbonyl (C=O) groups excluding carboxylic acids is 2. The topological polar surface area (TPSA) is 82.8 Å². The van der Waals surface area contributed by atoms with E-state index in [1.165, 1.54) is 29.2 Å². The summed E-state index contributed by atoms with van der Waals surface area (Å²) < 4.78 is 60.5. The van der Waals surface area contributed by atoms with E-state index >= 15 is 0 Å². The molecule has 0 radical (unpaired) electrons. The molecule has 3 rings (SSSR count). The Bertz CT molecular complexity index is 1260. The number of nitriles is 1. The number of aliphatic imine (C=N–C) groups is 1. The number of rotatable bonds is 6. The van der Waals surface area contributed by atoms with Gasteiger partial charge in [0, 0.05) is 10.6 Å². The molecule has 2 aromatic rings. The number of alkyl halides is 3. The zero-order valence-electron chi connectivity index (χ0n) is 19.9. The van der Waals surface area contributed by atoms with E-state index in [2.05, 4.69) is 4.99 Å². The van der Waals surface area contributed by atoms with Gasteiger partial charge in [0.1, 0.15) is 17.5 Å². The van der Waals surface area contributed by atoms with Gasteiger partial charge in [0.2, 0.25) is 0 Å². The Kier molecular flexibility index (Phi) is 7.79. The number of amides is 1. The molecule has 6 nitrogen and oxygen atoms in total. The van der Waals surface area contributed by atoms with Gasteiger partial charge < -0.3 is 9.64 Å². The van der Waals surface area contributed by atoms with Crippen LogP contribution in [0.1, 0.15) is 62.0 Å². The van der Waals surface area contributed by atoms with Crippen molar-refractivity contribution in [1.29, 1.82) is 5.26 Å². The molecular formula is C25H23F4N3O3S. The maximum atomic E-state index is 15.0. The van der Waals surface area contributed by atoms with Gasteiger partial charge in [0.25, 0.3) is 5.91 Å². The van der Waals surface area contributed by atoms with Crippen LogP contribution >= 0.6 is 11.8 Å². The molecule has 1 aliphatic rings. The smallest absolute Gasteiger partial charge is 0.417 e. The average molecular weight is 522 g/mol. The van der Waals surface area contributed by atoms with Gasteiger partial charge in [0.15, 0.2) is 5.17 Å². The summed E-state index contributed by atoms with van der Waals surface area (Å²) in [5.74, 6) is -2.27. The quantitative estimate of drug-likeness (QED) is 0.326. The minimum Gasteiger partial charge on any atom is -0.459 e. The van der Waals surface area contributed by atoms with Crippen LogP contribution in [0, 0.1) is 17.1 Å².